The number of carbonyl (C=O) groups is 1. The summed E-state index contributed by atoms with van der Waals surface area (Å²) in [4.78, 5) is 18.5. The van der Waals surface area contributed by atoms with Crippen molar-refractivity contribution in [3.63, 3.8) is 0 Å². The summed E-state index contributed by atoms with van der Waals surface area (Å²) in [5.74, 6) is -0.493. The first kappa shape index (κ1) is 17.9. The van der Waals surface area contributed by atoms with Crippen LogP contribution in [0.25, 0.3) is 0 Å². The van der Waals surface area contributed by atoms with Crippen LogP contribution in [0.2, 0.25) is 0 Å². The maximum atomic E-state index is 14.4. The first-order valence-corrected chi connectivity index (χ1v) is 9.30. The molecule has 1 aromatic carbocycles. The van der Waals surface area contributed by atoms with E-state index in [1.807, 2.05) is 0 Å². The number of hydrogen-bond donors (Lipinski definition) is 1. The lowest BCUT2D eigenvalue weighted by molar-refractivity contribution is -0.141. The molecule has 0 radical (unpaired) electrons. The lowest BCUT2D eigenvalue weighted by Gasteiger charge is -2.53. The molecule has 2 aromatic rings. The molecule has 4 rings (SSSR count). The van der Waals surface area contributed by atoms with Gasteiger partial charge in [0.05, 0.1) is 7.11 Å². The molecule has 0 unspecified atom stereocenters. The van der Waals surface area contributed by atoms with Gasteiger partial charge in [0, 0.05) is 42.2 Å². The normalized spacial score (nSPS) is 27.3. The molecule has 1 amide bonds. The van der Waals surface area contributed by atoms with Gasteiger partial charge in [0.25, 0.3) is 5.91 Å². The van der Waals surface area contributed by atoms with Crippen LogP contribution < -0.4 is 4.74 Å². The summed E-state index contributed by atoms with van der Waals surface area (Å²) >= 11 is 0. The zero-order valence-electron chi connectivity index (χ0n) is 15.3. The molecule has 6 heteroatoms. The lowest BCUT2D eigenvalue weighted by Crippen LogP contribution is -2.59. The van der Waals surface area contributed by atoms with Crippen LogP contribution in [0.15, 0.2) is 42.6 Å². The fraction of sp³-hybridized carbons (Fsp3) is 0.429. The highest BCUT2D eigenvalue weighted by Gasteiger charge is 2.53. The second kappa shape index (κ2) is 6.93. The van der Waals surface area contributed by atoms with E-state index < -0.39 is 11.5 Å². The minimum Gasteiger partial charge on any atom is -0.497 e. The van der Waals surface area contributed by atoms with Gasteiger partial charge in [0.2, 0.25) is 5.95 Å². The summed E-state index contributed by atoms with van der Waals surface area (Å²) < 4.78 is 19.6. The SMILES string of the molecule is COc1cccc(C(=O)N2C[C@@H]3CCC[C@@H](C2)C3(O)c2cccnc2F)c1. The van der Waals surface area contributed by atoms with Crippen LogP contribution in [0.4, 0.5) is 4.39 Å². The third-order valence-corrected chi connectivity index (χ3v) is 6.03. The first-order chi connectivity index (χ1) is 13.0. The molecule has 1 aliphatic heterocycles. The number of halogens is 1. The van der Waals surface area contributed by atoms with Crippen molar-refractivity contribution in [1.29, 1.82) is 0 Å². The van der Waals surface area contributed by atoms with Gasteiger partial charge in [-0.05, 0) is 37.1 Å². The van der Waals surface area contributed by atoms with Crippen molar-refractivity contribution in [2.24, 2.45) is 11.8 Å². The zero-order chi connectivity index (χ0) is 19.0. The smallest absolute Gasteiger partial charge is 0.254 e. The van der Waals surface area contributed by atoms with E-state index in [4.69, 9.17) is 4.74 Å². The minimum absolute atomic E-state index is 0.0838. The summed E-state index contributed by atoms with van der Waals surface area (Å²) in [6.45, 7) is 0.800. The number of ether oxygens (including phenoxy) is 1. The number of amides is 1. The number of carbonyl (C=O) groups excluding carboxylic acids is 1. The molecular formula is C21H23FN2O3. The van der Waals surface area contributed by atoms with Gasteiger partial charge in [0.15, 0.2) is 0 Å². The summed E-state index contributed by atoms with van der Waals surface area (Å²) in [6.07, 6.45) is 3.87. The first-order valence-electron chi connectivity index (χ1n) is 9.30. The van der Waals surface area contributed by atoms with E-state index in [-0.39, 0.29) is 23.3 Å². The third-order valence-electron chi connectivity index (χ3n) is 6.03. The summed E-state index contributed by atoms with van der Waals surface area (Å²) in [7, 11) is 1.57. The minimum atomic E-state index is -1.28. The van der Waals surface area contributed by atoms with Gasteiger partial charge >= 0.3 is 0 Å². The van der Waals surface area contributed by atoms with E-state index in [0.29, 0.717) is 24.4 Å². The van der Waals surface area contributed by atoms with E-state index in [1.54, 1.807) is 48.4 Å². The van der Waals surface area contributed by atoms with Gasteiger partial charge in [-0.2, -0.15) is 4.39 Å². The van der Waals surface area contributed by atoms with Gasteiger partial charge in [-0.15, -0.1) is 0 Å². The number of piperidine rings is 1. The van der Waals surface area contributed by atoms with Gasteiger partial charge in [-0.1, -0.05) is 18.6 Å². The van der Waals surface area contributed by atoms with Gasteiger partial charge in [-0.3, -0.25) is 4.79 Å². The molecule has 2 bridgehead atoms. The number of rotatable bonds is 3. The van der Waals surface area contributed by atoms with Crippen LogP contribution in [0.3, 0.4) is 0 Å². The number of aliphatic hydroxyl groups is 1. The predicted octanol–water partition coefficient (Wildman–Crippen LogP) is 2.99. The topological polar surface area (TPSA) is 62.7 Å². The number of pyridine rings is 1. The lowest BCUT2D eigenvalue weighted by atomic mass is 9.62. The Morgan fingerprint density at radius 3 is 2.67 bits per heavy atom. The van der Waals surface area contributed by atoms with Crippen molar-refractivity contribution < 1.29 is 19.0 Å². The number of hydrogen-bond acceptors (Lipinski definition) is 4. The van der Waals surface area contributed by atoms with E-state index >= 15 is 0 Å². The zero-order valence-corrected chi connectivity index (χ0v) is 15.3. The van der Waals surface area contributed by atoms with Gasteiger partial charge < -0.3 is 14.7 Å². The van der Waals surface area contributed by atoms with Crippen LogP contribution in [-0.2, 0) is 5.60 Å². The number of benzene rings is 1. The maximum Gasteiger partial charge on any atom is 0.254 e. The summed E-state index contributed by atoms with van der Waals surface area (Å²) in [5, 5.41) is 11.5. The van der Waals surface area contributed by atoms with Crippen molar-refractivity contribution >= 4 is 5.91 Å². The molecule has 2 fully saturated rings. The van der Waals surface area contributed by atoms with Crippen molar-refractivity contribution in [3.8, 4) is 5.75 Å². The number of likely N-dealkylation sites (tertiary alicyclic amines) is 1. The van der Waals surface area contributed by atoms with Crippen LogP contribution in [-0.4, -0.2) is 41.1 Å². The predicted molar refractivity (Wildman–Crippen MR) is 97.8 cm³/mol. The fourth-order valence-corrected chi connectivity index (χ4v) is 4.68. The number of aromatic nitrogens is 1. The molecule has 5 nitrogen and oxygen atoms in total. The Morgan fingerprint density at radius 1 is 1.26 bits per heavy atom. The van der Waals surface area contributed by atoms with E-state index in [0.717, 1.165) is 19.3 Å². The van der Waals surface area contributed by atoms with E-state index in [1.165, 1.54) is 6.20 Å². The quantitative estimate of drug-likeness (QED) is 0.844. The second-order valence-corrected chi connectivity index (χ2v) is 7.43. The molecule has 1 aromatic heterocycles. The standard InChI is InChI=1S/C21H23FN2O3/c1-27-17-8-2-5-14(11-17)20(25)24-12-15-6-3-7-16(13-24)21(15,26)18-9-4-10-23-19(18)22/h2,4-5,8-11,15-16,26H,3,6-7,12-13H2,1H3/t15-,16-/m0/s1. The highest BCUT2D eigenvalue weighted by Crippen LogP contribution is 2.49. The Hall–Kier alpha value is -2.47. The van der Waals surface area contributed by atoms with E-state index in [9.17, 15) is 14.3 Å². The molecule has 27 heavy (non-hydrogen) atoms. The number of methoxy groups -OCH3 is 1. The molecule has 142 valence electrons. The maximum absolute atomic E-state index is 14.4. The molecule has 1 aliphatic carbocycles. The van der Waals surface area contributed by atoms with Crippen molar-refractivity contribution in [2.75, 3.05) is 20.2 Å². The number of fused-ring (bicyclic) bond motifs is 2. The van der Waals surface area contributed by atoms with Crippen LogP contribution >= 0.6 is 0 Å². The molecule has 1 N–H and O–H groups in total. The van der Waals surface area contributed by atoms with Crippen molar-refractivity contribution in [3.05, 3.63) is 59.7 Å². The van der Waals surface area contributed by atoms with Crippen molar-refractivity contribution in [2.45, 2.75) is 24.9 Å². The molecular weight excluding hydrogens is 347 g/mol. The Bertz CT molecular complexity index is 843. The average molecular weight is 370 g/mol. The molecule has 1 saturated carbocycles. The Balaban J connectivity index is 1.63. The van der Waals surface area contributed by atoms with Gasteiger partial charge in [-0.25, -0.2) is 4.98 Å². The van der Waals surface area contributed by atoms with Crippen molar-refractivity contribution in [1.82, 2.24) is 9.88 Å². The van der Waals surface area contributed by atoms with Crippen LogP contribution in [0, 0.1) is 17.8 Å². The Kier molecular flexibility index (Phi) is 4.60. The average Bonchev–Trinajstić information content (AvgIpc) is 2.67. The highest BCUT2D eigenvalue weighted by atomic mass is 19.1. The number of nitrogens with zero attached hydrogens (tertiary/aromatic N) is 2. The second-order valence-electron chi connectivity index (χ2n) is 7.43. The van der Waals surface area contributed by atoms with Gasteiger partial charge in [0.1, 0.15) is 11.4 Å². The molecule has 1 saturated heterocycles. The Labute approximate surface area is 157 Å². The summed E-state index contributed by atoms with van der Waals surface area (Å²) in [6, 6.07) is 10.3. The molecule has 0 spiro atoms. The van der Waals surface area contributed by atoms with E-state index in [2.05, 4.69) is 4.98 Å². The largest absolute Gasteiger partial charge is 0.497 e. The molecule has 2 atom stereocenters. The third kappa shape index (κ3) is 2.98. The van der Waals surface area contributed by atoms with Crippen LogP contribution in [0.5, 0.6) is 5.75 Å². The monoisotopic (exact) mass is 370 g/mol. The van der Waals surface area contributed by atoms with Crippen LogP contribution in [0.1, 0.15) is 35.2 Å². The highest BCUT2D eigenvalue weighted by molar-refractivity contribution is 5.94. The Morgan fingerprint density at radius 2 is 2.00 bits per heavy atom. The molecule has 2 heterocycles. The molecule has 2 aliphatic rings. The summed E-state index contributed by atoms with van der Waals surface area (Å²) in [5.41, 5.74) is -0.458. The fourth-order valence-electron chi connectivity index (χ4n) is 4.68.